The van der Waals surface area contributed by atoms with Crippen molar-refractivity contribution in [3.63, 3.8) is 0 Å². The maximum Gasteiger partial charge on any atom is 0.695 e. The molecule has 1 amide bonds. The zero-order valence-electron chi connectivity index (χ0n) is 30.9. The second-order valence-electron chi connectivity index (χ2n) is 13.8. The number of hydrogen-bond acceptors (Lipinski definition) is 10. The van der Waals surface area contributed by atoms with Crippen molar-refractivity contribution in [3.05, 3.63) is 33.1 Å². The maximum absolute atomic E-state index is 12.8. The first-order valence-corrected chi connectivity index (χ1v) is 20.2. The number of hydrogen-bond donors (Lipinski definition) is 4. The van der Waals surface area contributed by atoms with E-state index in [9.17, 15) is 33.7 Å². The van der Waals surface area contributed by atoms with Gasteiger partial charge in [0.15, 0.2) is 18.4 Å². The number of rotatable bonds is 29. The second-order valence-corrected chi connectivity index (χ2v) is 14.4. The van der Waals surface area contributed by atoms with E-state index in [1.54, 1.807) is 0 Å². The summed E-state index contributed by atoms with van der Waals surface area (Å²) in [6.45, 7) is 6.02. The van der Waals surface area contributed by atoms with Crippen LogP contribution >= 0.6 is 8.25 Å². The summed E-state index contributed by atoms with van der Waals surface area (Å²) in [5.74, 6) is -0.796. The highest BCUT2D eigenvalue weighted by Gasteiger charge is 2.51. The summed E-state index contributed by atoms with van der Waals surface area (Å²) >= 11 is 0. The molecule has 1 aromatic rings. The Kier molecular flexibility index (Phi) is 23.0. The molecule has 15 heteroatoms. The Bertz CT molecular complexity index is 1260. The molecule has 2 rings (SSSR count). The standard InChI is InChI=1S/C36H62N3O11P/c1-4-5-6-7-8-9-10-11-12-13-14-15-18-21-30(42)49-31(27(2)3)34(43)37-23-19-16-17-20-25-47-33-32(50-51(45)46)28(26-40)48-35(33)39-24-22-29(41)38-36(39)44/h22,24,27-28,31-33,35,40H,4-21,23,25-26H2,1-3H3,(H2-,37,38,41,43,44,45,46)/p+1/t28-,31?,32?,33?,35-/m1/s1. The molecule has 6 atom stereocenters. The van der Waals surface area contributed by atoms with E-state index >= 15 is 0 Å². The fraction of sp³-hybridized carbons (Fsp3) is 0.833. The van der Waals surface area contributed by atoms with E-state index in [1.165, 1.54) is 70.4 Å². The van der Waals surface area contributed by atoms with Gasteiger partial charge in [-0.1, -0.05) is 111 Å². The minimum atomic E-state index is -3.06. The third-order valence-corrected chi connectivity index (χ3v) is 9.51. The monoisotopic (exact) mass is 744 g/mol. The van der Waals surface area contributed by atoms with Crippen molar-refractivity contribution in [2.75, 3.05) is 19.8 Å². The van der Waals surface area contributed by atoms with Gasteiger partial charge in [0.25, 0.3) is 11.5 Å². The predicted molar refractivity (Wildman–Crippen MR) is 193 cm³/mol. The summed E-state index contributed by atoms with van der Waals surface area (Å²) in [5.41, 5.74) is -1.37. The number of ether oxygens (including phenoxy) is 3. The fourth-order valence-electron chi connectivity index (χ4n) is 6.21. The molecule has 14 nitrogen and oxygen atoms in total. The van der Waals surface area contributed by atoms with Crippen molar-refractivity contribution in [2.45, 2.75) is 167 Å². The summed E-state index contributed by atoms with van der Waals surface area (Å²) in [4.78, 5) is 60.7. The van der Waals surface area contributed by atoms with E-state index in [1.807, 2.05) is 13.8 Å². The van der Waals surface area contributed by atoms with Gasteiger partial charge in [0, 0.05) is 36.4 Å². The van der Waals surface area contributed by atoms with Gasteiger partial charge in [-0.05, 0) is 25.2 Å². The van der Waals surface area contributed by atoms with E-state index < -0.39 is 56.8 Å². The predicted octanol–water partition coefficient (Wildman–Crippen LogP) is 5.57. The molecule has 1 fully saturated rings. The van der Waals surface area contributed by atoms with Crippen molar-refractivity contribution >= 4 is 20.1 Å². The molecule has 51 heavy (non-hydrogen) atoms. The molecule has 4 unspecified atom stereocenters. The zero-order valence-corrected chi connectivity index (χ0v) is 31.8. The Hall–Kier alpha value is -2.48. The van der Waals surface area contributed by atoms with Gasteiger partial charge in [0.2, 0.25) is 0 Å². The lowest BCUT2D eigenvalue weighted by molar-refractivity contribution is -0.158. The largest absolute Gasteiger partial charge is 0.695 e. The molecule has 1 aliphatic rings. The molecule has 0 bridgehead atoms. The van der Waals surface area contributed by atoms with Crippen molar-refractivity contribution in [2.24, 2.45) is 5.92 Å². The Labute approximate surface area is 303 Å². The van der Waals surface area contributed by atoms with Crippen molar-refractivity contribution in [1.82, 2.24) is 14.9 Å². The maximum atomic E-state index is 12.8. The number of aromatic amines is 1. The molecule has 1 aliphatic heterocycles. The van der Waals surface area contributed by atoms with Crippen LogP contribution in [0.1, 0.15) is 143 Å². The summed E-state index contributed by atoms with van der Waals surface area (Å²) in [7, 11) is -3.06. The number of carbonyl (C=O) groups excluding carboxylic acids is 2. The third kappa shape index (κ3) is 17.7. The lowest BCUT2D eigenvalue weighted by atomic mass is 10.0. The highest BCUT2D eigenvalue weighted by Crippen LogP contribution is 2.37. The summed E-state index contributed by atoms with van der Waals surface area (Å²) < 4.78 is 34.9. The molecule has 292 valence electrons. The first kappa shape index (κ1) is 44.7. The minimum absolute atomic E-state index is 0.157. The molecule has 0 spiro atoms. The minimum Gasteiger partial charge on any atom is -0.452 e. The van der Waals surface area contributed by atoms with Crippen LogP contribution in [0.15, 0.2) is 21.9 Å². The lowest BCUT2D eigenvalue weighted by Gasteiger charge is -2.22. The summed E-state index contributed by atoms with van der Waals surface area (Å²) in [6, 6.07) is 1.13. The third-order valence-electron chi connectivity index (χ3n) is 9.09. The van der Waals surface area contributed by atoms with Crippen LogP contribution in [0.3, 0.4) is 0 Å². The van der Waals surface area contributed by atoms with Gasteiger partial charge >= 0.3 is 19.9 Å². The van der Waals surface area contributed by atoms with Crippen LogP contribution in [-0.2, 0) is 32.9 Å². The van der Waals surface area contributed by atoms with Crippen LogP contribution in [0.4, 0.5) is 0 Å². The van der Waals surface area contributed by atoms with E-state index in [4.69, 9.17) is 18.7 Å². The molecule has 0 aromatic carbocycles. The molecule has 4 N–H and O–H groups in total. The van der Waals surface area contributed by atoms with Crippen LogP contribution < -0.4 is 16.6 Å². The summed E-state index contributed by atoms with van der Waals surface area (Å²) in [5, 5.41) is 12.6. The average Bonchev–Trinajstić information content (AvgIpc) is 3.42. The first-order chi connectivity index (χ1) is 24.6. The zero-order chi connectivity index (χ0) is 37.4. The van der Waals surface area contributed by atoms with E-state index in [2.05, 4.69) is 17.2 Å². The summed E-state index contributed by atoms with van der Waals surface area (Å²) in [6.07, 6.45) is 15.1. The Morgan fingerprint density at radius 2 is 1.51 bits per heavy atom. The average molecular weight is 745 g/mol. The van der Waals surface area contributed by atoms with Gasteiger partial charge in [0.1, 0.15) is 12.2 Å². The number of H-pyrrole nitrogens is 1. The van der Waals surface area contributed by atoms with Gasteiger partial charge in [-0.25, -0.2) is 4.79 Å². The molecular weight excluding hydrogens is 681 g/mol. The van der Waals surface area contributed by atoms with E-state index in [0.29, 0.717) is 25.8 Å². The number of unbranched alkanes of at least 4 members (excludes halogenated alkanes) is 15. The fourth-order valence-corrected chi connectivity index (χ4v) is 6.67. The highest BCUT2D eigenvalue weighted by atomic mass is 31.1. The molecule has 2 heterocycles. The van der Waals surface area contributed by atoms with Crippen LogP contribution in [0.25, 0.3) is 0 Å². The number of nitrogens with zero attached hydrogens (tertiary/aromatic N) is 1. The topological polar surface area (TPSA) is 195 Å². The number of aliphatic hydroxyl groups is 1. The quantitative estimate of drug-likeness (QED) is 0.0455. The normalized spacial score (nSPS) is 19.7. The van der Waals surface area contributed by atoms with Crippen LogP contribution in [0.2, 0.25) is 0 Å². The van der Waals surface area contributed by atoms with E-state index in [-0.39, 0.29) is 24.4 Å². The number of amides is 1. The van der Waals surface area contributed by atoms with E-state index in [0.717, 1.165) is 42.7 Å². The van der Waals surface area contributed by atoms with Gasteiger partial charge in [-0.3, -0.25) is 23.9 Å². The van der Waals surface area contributed by atoms with Gasteiger partial charge in [-0.2, -0.15) is 0 Å². The Morgan fingerprint density at radius 1 is 0.922 bits per heavy atom. The van der Waals surface area contributed by atoms with Crippen LogP contribution in [0.5, 0.6) is 0 Å². The van der Waals surface area contributed by atoms with Crippen LogP contribution in [0, 0.1) is 5.92 Å². The van der Waals surface area contributed by atoms with Crippen molar-refractivity contribution in [3.8, 4) is 0 Å². The van der Waals surface area contributed by atoms with Gasteiger partial charge < -0.3 is 24.6 Å². The molecule has 1 aromatic heterocycles. The highest BCUT2D eigenvalue weighted by molar-refractivity contribution is 7.32. The second kappa shape index (κ2) is 26.3. The smallest absolute Gasteiger partial charge is 0.452 e. The number of aliphatic hydroxyl groups excluding tert-OH is 1. The SMILES string of the molecule is CCCCCCCCCCCCCCCC(=O)OC(C(=O)NCCCCCCOC1C(O[P+](=O)O)[C@@H](CO)O[C@H]1n1ccc(=O)[nH]c1=O)C(C)C. The molecule has 0 radical (unpaired) electrons. The number of esters is 1. The molecule has 0 aliphatic carbocycles. The lowest BCUT2D eigenvalue weighted by Crippen LogP contribution is -2.41. The Morgan fingerprint density at radius 3 is 2.08 bits per heavy atom. The molecule has 0 saturated carbocycles. The molecular formula is C36H63N3O11P+. The van der Waals surface area contributed by atoms with Crippen molar-refractivity contribution in [1.29, 1.82) is 0 Å². The van der Waals surface area contributed by atoms with Crippen LogP contribution in [-0.4, -0.2) is 75.6 Å². The molecule has 1 saturated heterocycles. The number of carbonyl (C=O) groups is 2. The van der Waals surface area contributed by atoms with Gasteiger partial charge in [0.05, 0.1) is 6.61 Å². The number of nitrogens with one attached hydrogen (secondary N) is 2. The number of aromatic nitrogens is 2. The van der Waals surface area contributed by atoms with Gasteiger partial charge in [-0.15, -0.1) is 9.42 Å². The van der Waals surface area contributed by atoms with Crippen molar-refractivity contribution < 1.29 is 42.9 Å². The Balaban J connectivity index is 1.63. The first-order valence-electron chi connectivity index (χ1n) is 19.1.